The Hall–Kier alpha value is -2.60. The van der Waals surface area contributed by atoms with Crippen LogP contribution in [-0.2, 0) is 11.8 Å². The molecular formula is C20H22N4OS. The smallest absolute Gasteiger partial charge is 0.221 e. The average Bonchev–Trinajstić information content (AvgIpc) is 3.09. The highest BCUT2D eigenvalue weighted by Crippen LogP contribution is 2.26. The van der Waals surface area contributed by atoms with Crippen LogP contribution < -0.4 is 5.32 Å². The largest absolute Gasteiger partial charge is 0.355 e. The second-order valence-electron chi connectivity index (χ2n) is 5.94. The van der Waals surface area contributed by atoms with Crippen LogP contribution in [0, 0.1) is 0 Å². The van der Waals surface area contributed by atoms with Crippen molar-refractivity contribution in [3.8, 4) is 0 Å². The summed E-state index contributed by atoms with van der Waals surface area (Å²) in [6.45, 7) is 0.611. The molecule has 0 radical (unpaired) electrons. The molecule has 0 spiro atoms. The van der Waals surface area contributed by atoms with Gasteiger partial charge in [0.1, 0.15) is 0 Å². The minimum absolute atomic E-state index is 0.0324. The first kappa shape index (κ1) is 18.2. The van der Waals surface area contributed by atoms with Crippen molar-refractivity contribution in [2.45, 2.75) is 17.5 Å². The van der Waals surface area contributed by atoms with Crippen LogP contribution in [0.5, 0.6) is 0 Å². The quantitative estimate of drug-likeness (QED) is 0.491. The van der Waals surface area contributed by atoms with Gasteiger partial charge in [-0.1, -0.05) is 48.2 Å². The zero-order valence-corrected chi connectivity index (χ0v) is 15.5. The van der Waals surface area contributed by atoms with Crippen molar-refractivity contribution < 1.29 is 4.79 Å². The lowest BCUT2D eigenvalue weighted by Gasteiger charge is -2.16. The van der Waals surface area contributed by atoms with E-state index in [1.165, 1.54) is 0 Å². The van der Waals surface area contributed by atoms with Gasteiger partial charge in [-0.3, -0.25) is 9.78 Å². The maximum Gasteiger partial charge on any atom is 0.221 e. The number of thioether (sulfide) groups is 1. The standard InChI is InChI=1S/C20H22N4OS/c1-24-13-11-23-20(24)26-14-12-22-19(25)15-17(16-7-3-2-4-8-16)18-9-5-6-10-21-18/h2-11,13,17H,12,14-15H2,1H3,(H,22,25). The van der Waals surface area contributed by atoms with Gasteiger partial charge in [-0.05, 0) is 17.7 Å². The van der Waals surface area contributed by atoms with Gasteiger partial charge in [0.25, 0.3) is 0 Å². The number of carbonyl (C=O) groups is 1. The van der Waals surface area contributed by atoms with Crippen LogP contribution in [0.15, 0.2) is 72.3 Å². The summed E-state index contributed by atoms with van der Waals surface area (Å²) in [5.74, 6) is 0.778. The topological polar surface area (TPSA) is 59.8 Å². The summed E-state index contributed by atoms with van der Waals surface area (Å²) in [6.07, 6.45) is 5.84. The van der Waals surface area contributed by atoms with Crippen molar-refractivity contribution >= 4 is 17.7 Å². The molecule has 0 fully saturated rings. The predicted octanol–water partition coefficient (Wildman–Crippen LogP) is 3.25. The Morgan fingerprint density at radius 2 is 1.92 bits per heavy atom. The van der Waals surface area contributed by atoms with Gasteiger partial charge in [0.2, 0.25) is 5.91 Å². The third kappa shape index (κ3) is 4.95. The van der Waals surface area contributed by atoms with E-state index < -0.39 is 0 Å². The Bertz CT molecular complexity index is 781. The summed E-state index contributed by atoms with van der Waals surface area (Å²) in [7, 11) is 1.96. The van der Waals surface area contributed by atoms with Gasteiger partial charge in [0.15, 0.2) is 5.16 Å². The number of aryl methyl sites for hydroxylation is 1. The van der Waals surface area contributed by atoms with E-state index in [2.05, 4.69) is 15.3 Å². The molecule has 3 aromatic rings. The van der Waals surface area contributed by atoms with E-state index in [4.69, 9.17) is 0 Å². The summed E-state index contributed by atoms with van der Waals surface area (Å²) >= 11 is 1.63. The van der Waals surface area contributed by atoms with Crippen molar-refractivity contribution in [3.05, 3.63) is 78.4 Å². The lowest BCUT2D eigenvalue weighted by atomic mass is 9.91. The minimum atomic E-state index is -0.0420. The second kappa shape index (κ2) is 9.20. The molecule has 0 saturated heterocycles. The van der Waals surface area contributed by atoms with Crippen molar-refractivity contribution in [3.63, 3.8) is 0 Å². The fraction of sp³-hybridized carbons (Fsp3) is 0.250. The molecule has 1 aromatic carbocycles. The Kier molecular flexibility index (Phi) is 6.44. The predicted molar refractivity (Wildman–Crippen MR) is 104 cm³/mol. The molecule has 3 rings (SSSR count). The van der Waals surface area contributed by atoms with E-state index in [1.807, 2.05) is 66.3 Å². The normalized spacial score (nSPS) is 11.9. The highest BCUT2D eigenvalue weighted by molar-refractivity contribution is 7.99. The lowest BCUT2D eigenvalue weighted by molar-refractivity contribution is -0.121. The van der Waals surface area contributed by atoms with Crippen LogP contribution in [0.25, 0.3) is 0 Å². The zero-order valence-electron chi connectivity index (χ0n) is 14.7. The molecule has 1 atom stereocenters. The Balaban J connectivity index is 1.56. The molecule has 0 aliphatic rings. The Morgan fingerprint density at radius 3 is 2.62 bits per heavy atom. The van der Waals surface area contributed by atoms with Crippen LogP contribution >= 0.6 is 11.8 Å². The number of nitrogens with one attached hydrogen (secondary N) is 1. The second-order valence-corrected chi connectivity index (χ2v) is 7.00. The van der Waals surface area contributed by atoms with E-state index in [0.29, 0.717) is 13.0 Å². The van der Waals surface area contributed by atoms with Gasteiger partial charge >= 0.3 is 0 Å². The number of pyridine rings is 1. The average molecular weight is 366 g/mol. The molecule has 0 aliphatic heterocycles. The number of benzene rings is 1. The van der Waals surface area contributed by atoms with E-state index in [9.17, 15) is 4.79 Å². The molecule has 1 amide bonds. The molecule has 5 nitrogen and oxygen atoms in total. The zero-order chi connectivity index (χ0) is 18.2. The number of amides is 1. The molecule has 26 heavy (non-hydrogen) atoms. The number of hydrogen-bond acceptors (Lipinski definition) is 4. The SMILES string of the molecule is Cn1ccnc1SCCNC(=O)CC(c1ccccc1)c1ccccn1. The molecular weight excluding hydrogens is 344 g/mol. The summed E-state index contributed by atoms with van der Waals surface area (Å²) in [5, 5.41) is 3.96. The highest BCUT2D eigenvalue weighted by atomic mass is 32.2. The number of nitrogens with zero attached hydrogens (tertiary/aromatic N) is 3. The van der Waals surface area contributed by atoms with E-state index in [1.54, 1.807) is 24.2 Å². The van der Waals surface area contributed by atoms with E-state index in [-0.39, 0.29) is 11.8 Å². The van der Waals surface area contributed by atoms with E-state index >= 15 is 0 Å². The van der Waals surface area contributed by atoms with E-state index in [0.717, 1.165) is 22.2 Å². The van der Waals surface area contributed by atoms with Crippen molar-refractivity contribution in [2.24, 2.45) is 7.05 Å². The minimum Gasteiger partial charge on any atom is -0.355 e. The van der Waals surface area contributed by atoms with Crippen LogP contribution in [0.2, 0.25) is 0 Å². The molecule has 134 valence electrons. The third-order valence-electron chi connectivity index (χ3n) is 4.07. The van der Waals surface area contributed by atoms with Gasteiger partial charge < -0.3 is 9.88 Å². The van der Waals surface area contributed by atoms with Gasteiger partial charge in [-0.15, -0.1) is 0 Å². The highest BCUT2D eigenvalue weighted by Gasteiger charge is 2.19. The Labute approximate surface area is 157 Å². The Morgan fingerprint density at radius 1 is 1.12 bits per heavy atom. The molecule has 2 aromatic heterocycles. The van der Waals surface area contributed by atoms with Crippen LogP contribution in [0.3, 0.4) is 0 Å². The lowest BCUT2D eigenvalue weighted by Crippen LogP contribution is -2.27. The monoisotopic (exact) mass is 366 g/mol. The van der Waals surface area contributed by atoms with Gasteiger partial charge in [-0.2, -0.15) is 0 Å². The molecule has 0 aliphatic carbocycles. The first-order chi connectivity index (χ1) is 12.7. The van der Waals surface area contributed by atoms with Crippen molar-refractivity contribution in [2.75, 3.05) is 12.3 Å². The molecule has 2 heterocycles. The van der Waals surface area contributed by atoms with Crippen LogP contribution in [0.1, 0.15) is 23.6 Å². The first-order valence-electron chi connectivity index (χ1n) is 8.56. The van der Waals surface area contributed by atoms with Crippen LogP contribution in [0.4, 0.5) is 0 Å². The molecule has 0 bridgehead atoms. The van der Waals surface area contributed by atoms with Gasteiger partial charge in [0.05, 0.1) is 0 Å². The number of rotatable bonds is 8. The number of aromatic nitrogens is 3. The molecule has 0 saturated carbocycles. The van der Waals surface area contributed by atoms with Gasteiger partial charge in [0, 0.05) is 56.0 Å². The number of carbonyl (C=O) groups excluding carboxylic acids is 1. The third-order valence-corrected chi connectivity index (χ3v) is 5.13. The maximum absolute atomic E-state index is 12.5. The van der Waals surface area contributed by atoms with Gasteiger partial charge in [-0.25, -0.2) is 4.98 Å². The number of imidazole rings is 1. The first-order valence-corrected chi connectivity index (χ1v) is 9.55. The fourth-order valence-corrected chi connectivity index (χ4v) is 3.53. The van der Waals surface area contributed by atoms with Crippen molar-refractivity contribution in [1.29, 1.82) is 0 Å². The summed E-state index contributed by atoms with van der Waals surface area (Å²) in [5.41, 5.74) is 2.01. The molecule has 1 N–H and O–H groups in total. The summed E-state index contributed by atoms with van der Waals surface area (Å²) in [6, 6.07) is 15.9. The summed E-state index contributed by atoms with van der Waals surface area (Å²) in [4.78, 5) is 21.2. The fourth-order valence-electron chi connectivity index (χ4n) is 2.74. The van der Waals surface area contributed by atoms with Crippen molar-refractivity contribution in [1.82, 2.24) is 19.9 Å². The molecule has 1 unspecified atom stereocenters. The maximum atomic E-state index is 12.5. The molecule has 6 heteroatoms. The van der Waals surface area contributed by atoms with Crippen LogP contribution in [-0.4, -0.2) is 32.7 Å². The summed E-state index contributed by atoms with van der Waals surface area (Å²) < 4.78 is 1.97. The number of hydrogen-bond donors (Lipinski definition) is 1.